The van der Waals surface area contributed by atoms with Crippen molar-refractivity contribution in [2.45, 2.75) is 24.8 Å². The lowest BCUT2D eigenvalue weighted by Gasteiger charge is -2.01. The lowest BCUT2D eigenvalue weighted by molar-refractivity contribution is 0.415. The lowest BCUT2D eigenvalue weighted by Crippen LogP contribution is -1.85. The number of nitrogens with zero attached hydrogens (tertiary/aromatic N) is 3. The van der Waals surface area contributed by atoms with Crippen molar-refractivity contribution in [3.8, 4) is 27.8 Å². The lowest BCUT2D eigenvalue weighted by atomic mass is 10.1. The van der Waals surface area contributed by atoms with Gasteiger partial charge in [-0.25, -0.2) is 4.98 Å². The van der Waals surface area contributed by atoms with Crippen LogP contribution < -0.4 is 4.74 Å². The van der Waals surface area contributed by atoms with Crippen molar-refractivity contribution >= 4 is 23.1 Å². The molecule has 0 unspecified atom stereocenters. The van der Waals surface area contributed by atoms with Gasteiger partial charge in [0.1, 0.15) is 10.8 Å². The second kappa shape index (κ2) is 8.16. The first-order valence-electron chi connectivity index (χ1n) is 8.74. The van der Waals surface area contributed by atoms with E-state index in [0.717, 1.165) is 27.6 Å². The summed E-state index contributed by atoms with van der Waals surface area (Å²) in [4.78, 5) is 4.71. The summed E-state index contributed by atoms with van der Waals surface area (Å²) in [7, 11) is 1.67. The van der Waals surface area contributed by atoms with E-state index in [1.807, 2.05) is 24.3 Å². The molecule has 4 rings (SSSR count). The van der Waals surface area contributed by atoms with Gasteiger partial charge in [-0.05, 0) is 38.1 Å². The maximum Gasteiger partial charge on any atom is 0.277 e. The Bertz CT molecular complexity index is 1080. The van der Waals surface area contributed by atoms with Crippen molar-refractivity contribution < 1.29 is 9.15 Å². The van der Waals surface area contributed by atoms with Crippen LogP contribution in [0.2, 0.25) is 0 Å². The number of hydrogen-bond donors (Lipinski definition) is 0. The normalized spacial score (nSPS) is 11.0. The van der Waals surface area contributed by atoms with Crippen LogP contribution in [0.5, 0.6) is 5.75 Å². The van der Waals surface area contributed by atoms with E-state index in [-0.39, 0.29) is 0 Å². The van der Waals surface area contributed by atoms with Gasteiger partial charge >= 0.3 is 0 Å². The summed E-state index contributed by atoms with van der Waals surface area (Å²) in [6, 6.07) is 14.1. The molecule has 0 saturated carbocycles. The Morgan fingerprint density at radius 1 is 1.04 bits per heavy atom. The molecule has 0 fully saturated rings. The van der Waals surface area contributed by atoms with Crippen LogP contribution in [0.15, 0.2) is 57.5 Å². The zero-order valence-electron chi connectivity index (χ0n) is 15.8. The fourth-order valence-electron chi connectivity index (χ4n) is 2.88. The van der Waals surface area contributed by atoms with Crippen molar-refractivity contribution in [1.29, 1.82) is 0 Å². The number of rotatable bonds is 6. The topological polar surface area (TPSA) is 61.0 Å². The molecule has 0 amide bonds. The van der Waals surface area contributed by atoms with E-state index < -0.39 is 0 Å². The molecule has 2 aromatic carbocycles. The largest absolute Gasteiger partial charge is 0.497 e. The van der Waals surface area contributed by atoms with Crippen molar-refractivity contribution in [2.24, 2.45) is 0 Å². The highest BCUT2D eigenvalue weighted by Gasteiger charge is 2.12. The fraction of sp³-hybridized carbons (Fsp3) is 0.190. The summed E-state index contributed by atoms with van der Waals surface area (Å²) in [6.45, 7) is 4.12. The number of aryl methyl sites for hydroxylation is 2. The molecule has 4 aromatic rings. The number of benzene rings is 2. The maximum absolute atomic E-state index is 5.82. The smallest absolute Gasteiger partial charge is 0.277 e. The third kappa shape index (κ3) is 4.26. The molecule has 7 heteroatoms. The van der Waals surface area contributed by atoms with E-state index in [1.165, 1.54) is 22.9 Å². The minimum Gasteiger partial charge on any atom is -0.497 e. The zero-order chi connectivity index (χ0) is 19.5. The summed E-state index contributed by atoms with van der Waals surface area (Å²) < 4.78 is 11.1. The number of hydrogen-bond acceptors (Lipinski definition) is 7. The van der Waals surface area contributed by atoms with Gasteiger partial charge in [0, 0.05) is 22.3 Å². The molecule has 142 valence electrons. The van der Waals surface area contributed by atoms with Crippen LogP contribution in [-0.2, 0) is 5.75 Å². The summed E-state index contributed by atoms with van der Waals surface area (Å²) >= 11 is 3.11. The van der Waals surface area contributed by atoms with Gasteiger partial charge in [-0.1, -0.05) is 41.1 Å². The van der Waals surface area contributed by atoms with Gasteiger partial charge in [0.05, 0.1) is 12.8 Å². The number of methoxy groups -OCH3 is 1. The molecule has 2 aromatic heterocycles. The molecule has 0 aliphatic heterocycles. The maximum atomic E-state index is 5.82. The van der Waals surface area contributed by atoms with E-state index in [9.17, 15) is 0 Å². The van der Waals surface area contributed by atoms with E-state index in [2.05, 4.69) is 47.6 Å². The van der Waals surface area contributed by atoms with Gasteiger partial charge in [0.15, 0.2) is 0 Å². The van der Waals surface area contributed by atoms with Crippen LogP contribution in [-0.4, -0.2) is 22.3 Å². The van der Waals surface area contributed by atoms with E-state index in [0.29, 0.717) is 16.9 Å². The Kier molecular flexibility index (Phi) is 5.45. The molecule has 0 N–H and O–H groups in total. The molecular formula is C21H19N3O2S2. The van der Waals surface area contributed by atoms with Gasteiger partial charge in [-0.3, -0.25) is 0 Å². The van der Waals surface area contributed by atoms with Crippen molar-refractivity contribution in [1.82, 2.24) is 15.2 Å². The van der Waals surface area contributed by atoms with E-state index in [4.69, 9.17) is 14.1 Å². The van der Waals surface area contributed by atoms with E-state index >= 15 is 0 Å². The molecule has 0 atom stereocenters. The number of aromatic nitrogens is 3. The number of thiazole rings is 1. The summed E-state index contributed by atoms with van der Waals surface area (Å²) in [5.41, 5.74) is 5.34. The first kappa shape index (κ1) is 18.7. The highest BCUT2D eigenvalue weighted by atomic mass is 32.2. The van der Waals surface area contributed by atoms with Gasteiger partial charge in [-0.15, -0.1) is 21.5 Å². The molecule has 0 saturated heterocycles. The molecule has 0 aliphatic carbocycles. The average Bonchev–Trinajstić information content (AvgIpc) is 3.35. The van der Waals surface area contributed by atoms with Gasteiger partial charge in [-0.2, -0.15) is 0 Å². The summed E-state index contributed by atoms with van der Waals surface area (Å²) in [6.07, 6.45) is 0. The van der Waals surface area contributed by atoms with Crippen LogP contribution in [0, 0.1) is 13.8 Å². The minimum atomic E-state index is 0.546. The first-order valence-corrected chi connectivity index (χ1v) is 10.6. The SMILES string of the molecule is COc1cccc(-c2nc(CSc3nnc(-c4cc(C)cc(C)c4)o3)cs2)c1. The molecule has 2 heterocycles. The number of ether oxygens (including phenoxy) is 1. The van der Waals surface area contributed by atoms with Crippen molar-refractivity contribution in [3.63, 3.8) is 0 Å². The first-order chi connectivity index (χ1) is 13.6. The van der Waals surface area contributed by atoms with Crippen molar-refractivity contribution in [2.75, 3.05) is 7.11 Å². The van der Waals surface area contributed by atoms with Crippen LogP contribution in [0.1, 0.15) is 16.8 Å². The second-order valence-electron chi connectivity index (χ2n) is 6.41. The summed E-state index contributed by atoms with van der Waals surface area (Å²) in [5.74, 6) is 2.05. The standard InChI is InChI=1S/C21H19N3O2S2/c1-13-7-14(2)9-16(8-13)19-23-24-21(26-19)28-12-17-11-27-20(22-17)15-5-4-6-18(10-15)25-3/h4-11H,12H2,1-3H3. The highest BCUT2D eigenvalue weighted by molar-refractivity contribution is 7.98. The van der Waals surface area contributed by atoms with Crippen molar-refractivity contribution in [3.05, 3.63) is 64.7 Å². The summed E-state index contributed by atoms with van der Waals surface area (Å²) in [5, 5.41) is 11.9. The molecule has 28 heavy (non-hydrogen) atoms. The van der Waals surface area contributed by atoms with Gasteiger partial charge in [0.2, 0.25) is 5.89 Å². The minimum absolute atomic E-state index is 0.546. The second-order valence-corrected chi connectivity index (χ2v) is 8.20. The van der Waals surface area contributed by atoms with Crippen LogP contribution in [0.25, 0.3) is 22.0 Å². The zero-order valence-corrected chi connectivity index (χ0v) is 17.4. The monoisotopic (exact) mass is 409 g/mol. The number of thioether (sulfide) groups is 1. The Morgan fingerprint density at radius 2 is 1.86 bits per heavy atom. The predicted octanol–water partition coefficient (Wildman–Crippen LogP) is 5.78. The Balaban J connectivity index is 1.44. The van der Waals surface area contributed by atoms with Crippen LogP contribution in [0.4, 0.5) is 0 Å². The quantitative estimate of drug-likeness (QED) is 0.376. The Hall–Kier alpha value is -2.64. The molecule has 0 spiro atoms. The molecule has 0 bridgehead atoms. The fourth-order valence-corrected chi connectivity index (χ4v) is 4.46. The van der Waals surface area contributed by atoms with Gasteiger partial charge < -0.3 is 9.15 Å². The average molecular weight is 410 g/mol. The molecule has 0 aliphatic rings. The Labute approximate surface area is 171 Å². The molecular weight excluding hydrogens is 390 g/mol. The van der Waals surface area contributed by atoms with Crippen LogP contribution >= 0.6 is 23.1 Å². The van der Waals surface area contributed by atoms with E-state index in [1.54, 1.807) is 18.4 Å². The highest BCUT2D eigenvalue weighted by Crippen LogP contribution is 2.30. The molecule has 0 radical (unpaired) electrons. The Morgan fingerprint density at radius 3 is 2.64 bits per heavy atom. The third-order valence-corrected chi connectivity index (χ3v) is 5.88. The molecule has 5 nitrogen and oxygen atoms in total. The van der Waals surface area contributed by atoms with Crippen LogP contribution in [0.3, 0.4) is 0 Å². The predicted molar refractivity (Wildman–Crippen MR) is 113 cm³/mol. The van der Waals surface area contributed by atoms with Gasteiger partial charge in [0.25, 0.3) is 5.22 Å². The third-order valence-electron chi connectivity index (χ3n) is 4.09.